The fourth-order valence-corrected chi connectivity index (χ4v) is 4.11. The molecule has 1 N–H and O–H groups in total. The molecule has 0 bridgehead atoms. The van der Waals surface area contributed by atoms with Gasteiger partial charge in [0.2, 0.25) is 0 Å². The molecule has 0 unspecified atom stereocenters. The average Bonchev–Trinajstić information content (AvgIpc) is 3.47. The Bertz CT molecular complexity index is 1440. The molecule has 170 valence electrons. The summed E-state index contributed by atoms with van der Waals surface area (Å²) >= 11 is 11.9. The summed E-state index contributed by atoms with van der Waals surface area (Å²) in [5.74, 6) is -1.18. The van der Waals surface area contributed by atoms with Crippen molar-refractivity contribution in [2.45, 2.75) is 6.92 Å². The number of carbonyl (C=O) groups excluding carboxylic acids is 4. The van der Waals surface area contributed by atoms with Gasteiger partial charge in [0, 0.05) is 12.1 Å². The molecule has 34 heavy (non-hydrogen) atoms. The third-order valence-corrected chi connectivity index (χ3v) is 6.28. The Morgan fingerprint density at radius 2 is 1.65 bits per heavy atom. The molecule has 0 radical (unpaired) electrons. The maximum atomic E-state index is 12.8. The zero-order valence-electron chi connectivity index (χ0n) is 17.6. The maximum Gasteiger partial charge on any atom is 0.282 e. The number of hydrogen-bond acceptors (Lipinski definition) is 5. The Labute approximate surface area is 203 Å². The molecule has 2 aromatic carbocycles. The van der Waals surface area contributed by atoms with Crippen molar-refractivity contribution in [1.29, 1.82) is 0 Å². The summed E-state index contributed by atoms with van der Waals surface area (Å²) in [6.45, 7) is 2.02. The predicted octanol–water partition coefficient (Wildman–Crippen LogP) is 4.33. The van der Waals surface area contributed by atoms with Crippen LogP contribution in [0.2, 0.25) is 10.0 Å². The zero-order chi connectivity index (χ0) is 24.1. The largest absolute Gasteiger partial charge is 0.457 e. The van der Waals surface area contributed by atoms with Gasteiger partial charge in [-0.2, -0.15) is 0 Å². The summed E-state index contributed by atoms with van der Waals surface area (Å²) in [5, 5.41) is 1.64. The van der Waals surface area contributed by atoms with Crippen LogP contribution >= 0.6 is 23.2 Å². The van der Waals surface area contributed by atoms with Gasteiger partial charge in [0.05, 0.1) is 26.9 Å². The van der Waals surface area contributed by atoms with E-state index in [9.17, 15) is 19.2 Å². The second-order valence-electron chi connectivity index (χ2n) is 7.55. The zero-order valence-corrected chi connectivity index (χ0v) is 19.1. The van der Waals surface area contributed by atoms with E-state index in [1.807, 2.05) is 0 Å². The van der Waals surface area contributed by atoms with E-state index in [2.05, 4.69) is 5.43 Å². The third-order valence-electron chi connectivity index (χ3n) is 5.54. The molecule has 2 aliphatic rings. The molecule has 5 rings (SSSR count). The van der Waals surface area contributed by atoms with Gasteiger partial charge >= 0.3 is 0 Å². The number of rotatable bonds is 4. The van der Waals surface area contributed by atoms with Crippen molar-refractivity contribution in [2.24, 2.45) is 0 Å². The first-order valence-electron chi connectivity index (χ1n) is 10.2. The van der Waals surface area contributed by atoms with Crippen LogP contribution in [0.15, 0.2) is 58.5 Å². The number of carbonyl (C=O) groups is 4. The number of halogens is 2. The van der Waals surface area contributed by atoms with Gasteiger partial charge in [-0.25, -0.2) is 5.01 Å². The Hall–Kier alpha value is -3.88. The van der Waals surface area contributed by atoms with E-state index in [4.69, 9.17) is 27.6 Å². The number of amides is 4. The summed E-state index contributed by atoms with van der Waals surface area (Å²) in [6, 6.07) is 12.7. The Morgan fingerprint density at radius 3 is 2.38 bits per heavy atom. The molecular weight excluding hydrogens is 481 g/mol. The standard InChI is InChI=1S/C24H15Cl2N3O5/c1-2-28-22(31)15-6-3-12(9-16(15)23(28)32)20-8-5-14(34-20)11-17-21(30)27-29(24(17)33)13-4-7-18(25)19(26)10-13/h3-11H,2H2,1H3,(H,27,30)/b17-11+. The SMILES string of the molecule is CCN1C(=O)c2ccc(-c3ccc(/C=C4\C(=O)NN(c5ccc(Cl)c(Cl)c5)C4=O)o3)cc2C1=O. The average molecular weight is 496 g/mol. The van der Waals surface area contributed by atoms with Gasteiger partial charge in [0.1, 0.15) is 17.1 Å². The highest BCUT2D eigenvalue weighted by atomic mass is 35.5. The molecule has 0 aliphatic carbocycles. The quantitative estimate of drug-likeness (QED) is 0.329. The van der Waals surface area contributed by atoms with E-state index < -0.39 is 11.8 Å². The van der Waals surface area contributed by atoms with E-state index >= 15 is 0 Å². The predicted molar refractivity (Wildman–Crippen MR) is 125 cm³/mol. The van der Waals surface area contributed by atoms with E-state index in [-0.39, 0.29) is 34.7 Å². The number of furan rings is 1. The minimum atomic E-state index is -0.602. The van der Waals surface area contributed by atoms with Crippen LogP contribution < -0.4 is 10.4 Å². The van der Waals surface area contributed by atoms with Crippen molar-refractivity contribution in [3.05, 3.63) is 81.0 Å². The van der Waals surface area contributed by atoms with Crippen LogP contribution in [0.5, 0.6) is 0 Å². The number of fused-ring (bicyclic) bond motifs is 1. The number of anilines is 1. The first-order chi connectivity index (χ1) is 16.3. The highest BCUT2D eigenvalue weighted by Crippen LogP contribution is 2.32. The third kappa shape index (κ3) is 3.48. The molecule has 1 saturated heterocycles. The molecule has 10 heteroatoms. The smallest absolute Gasteiger partial charge is 0.282 e. The van der Waals surface area contributed by atoms with Gasteiger partial charge in [-0.05, 0) is 55.5 Å². The molecule has 1 fully saturated rings. The molecule has 3 heterocycles. The van der Waals surface area contributed by atoms with Crippen LogP contribution in [0.25, 0.3) is 17.4 Å². The molecule has 1 aromatic heterocycles. The summed E-state index contributed by atoms with van der Waals surface area (Å²) < 4.78 is 5.80. The first-order valence-corrected chi connectivity index (χ1v) is 11.0. The van der Waals surface area contributed by atoms with Gasteiger partial charge in [-0.15, -0.1) is 0 Å². The number of hydrogen-bond donors (Lipinski definition) is 1. The highest BCUT2D eigenvalue weighted by molar-refractivity contribution is 6.42. The Morgan fingerprint density at radius 1 is 0.882 bits per heavy atom. The number of nitrogens with zero attached hydrogens (tertiary/aromatic N) is 2. The second-order valence-corrected chi connectivity index (χ2v) is 8.37. The van der Waals surface area contributed by atoms with Crippen molar-refractivity contribution < 1.29 is 23.6 Å². The lowest BCUT2D eigenvalue weighted by molar-refractivity contribution is -0.117. The second kappa shape index (κ2) is 8.16. The van der Waals surface area contributed by atoms with Crippen LogP contribution in [0.1, 0.15) is 33.4 Å². The molecule has 2 aliphatic heterocycles. The molecule has 8 nitrogen and oxygen atoms in total. The minimum Gasteiger partial charge on any atom is -0.457 e. The molecule has 0 atom stereocenters. The van der Waals surface area contributed by atoms with Crippen LogP contribution in [-0.4, -0.2) is 35.1 Å². The van der Waals surface area contributed by atoms with Gasteiger partial charge in [0.15, 0.2) is 0 Å². The van der Waals surface area contributed by atoms with Crippen LogP contribution in [-0.2, 0) is 9.59 Å². The van der Waals surface area contributed by atoms with Gasteiger partial charge in [0.25, 0.3) is 23.6 Å². The Kier molecular flexibility index (Phi) is 5.27. The fourth-order valence-electron chi connectivity index (χ4n) is 3.82. The van der Waals surface area contributed by atoms with Gasteiger partial charge in [-0.3, -0.25) is 29.5 Å². The highest BCUT2D eigenvalue weighted by Gasteiger charge is 2.36. The lowest BCUT2D eigenvalue weighted by Gasteiger charge is -2.15. The van der Waals surface area contributed by atoms with Crippen molar-refractivity contribution in [2.75, 3.05) is 11.6 Å². The fraction of sp³-hybridized carbons (Fsp3) is 0.0833. The lowest BCUT2D eigenvalue weighted by Crippen LogP contribution is -2.35. The van der Waals surface area contributed by atoms with Crippen molar-refractivity contribution >= 4 is 58.6 Å². The van der Waals surface area contributed by atoms with E-state index in [0.29, 0.717) is 33.2 Å². The van der Waals surface area contributed by atoms with Crippen LogP contribution in [0, 0.1) is 0 Å². The van der Waals surface area contributed by atoms with Crippen LogP contribution in [0.4, 0.5) is 5.69 Å². The topological polar surface area (TPSA) is 99.9 Å². The molecule has 3 aromatic rings. The van der Waals surface area contributed by atoms with Crippen LogP contribution in [0.3, 0.4) is 0 Å². The van der Waals surface area contributed by atoms with E-state index in [1.165, 1.54) is 23.1 Å². The lowest BCUT2D eigenvalue weighted by atomic mass is 10.0. The summed E-state index contributed by atoms with van der Waals surface area (Å²) in [7, 11) is 0. The number of benzene rings is 2. The van der Waals surface area contributed by atoms with Crippen molar-refractivity contribution in [1.82, 2.24) is 10.3 Å². The minimum absolute atomic E-state index is 0.125. The molecular formula is C24H15Cl2N3O5. The van der Waals surface area contributed by atoms with Crippen molar-refractivity contribution in [3.63, 3.8) is 0 Å². The number of nitrogens with one attached hydrogen (secondary N) is 1. The first kappa shape index (κ1) is 21.9. The van der Waals surface area contributed by atoms with Gasteiger partial charge < -0.3 is 4.42 Å². The molecule has 0 spiro atoms. The summed E-state index contributed by atoms with van der Waals surface area (Å²) in [4.78, 5) is 51.2. The number of hydrazine groups is 1. The monoisotopic (exact) mass is 495 g/mol. The van der Waals surface area contributed by atoms with E-state index in [0.717, 1.165) is 5.01 Å². The van der Waals surface area contributed by atoms with Crippen molar-refractivity contribution in [3.8, 4) is 11.3 Å². The summed E-state index contributed by atoms with van der Waals surface area (Å²) in [5.41, 5.74) is 3.95. The Balaban J connectivity index is 1.42. The molecule has 0 saturated carbocycles. The number of imide groups is 1. The summed E-state index contributed by atoms with van der Waals surface area (Å²) in [6.07, 6.45) is 1.33. The van der Waals surface area contributed by atoms with E-state index in [1.54, 1.807) is 43.3 Å². The normalized spacial score (nSPS) is 16.6. The maximum absolute atomic E-state index is 12.8. The van der Waals surface area contributed by atoms with Gasteiger partial charge in [-0.1, -0.05) is 29.3 Å². The molecule has 4 amide bonds.